The highest BCUT2D eigenvalue weighted by Crippen LogP contribution is 2.35. The van der Waals surface area contributed by atoms with Crippen molar-refractivity contribution in [2.24, 2.45) is 11.1 Å². The molecule has 1 fully saturated rings. The molecule has 1 aromatic carbocycles. The van der Waals surface area contributed by atoms with Gasteiger partial charge < -0.3 is 5.73 Å². The van der Waals surface area contributed by atoms with Gasteiger partial charge in [0.1, 0.15) is 0 Å². The van der Waals surface area contributed by atoms with Gasteiger partial charge in [-0.3, -0.25) is 9.59 Å². The number of hydrogen-bond donors (Lipinski definition) is 1. The van der Waals surface area contributed by atoms with E-state index in [1.165, 1.54) is 4.90 Å². The highest BCUT2D eigenvalue weighted by atomic mass is 35.5. The minimum absolute atomic E-state index is 0.205. The SMILES string of the molecule is CC1(C)CC(=O)N(c2cc(Cl)ccc2C#CCN)C(=O)C1. The topological polar surface area (TPSA) is 63.4 Å². The molecule has 110 valence electrons. The fraction of sp³-hybridized carbons (Fsp3) is 0.375. The van der Waals surface area contributed by atoms with Gasteiger partial charge in [-0.1, -0.05) is 37.3 Å². The Morgan fingerprint density at radius 1 is 1.29 bits per heavy atom. The molecule has 2 rings (SSSR count). The van der Waals surface area contributed by atoms with E-state index in [-0.39, 0.29) is 23.8 Å². The molecule has 1 aromatic rings. The van der Waals surface area contributed by atoms with E-state index in [0.717, 1.165) is 0 Å². The van der Waals surface area contributed by atoms with Gasteiger partial charge in [0.05, 0.1) is 12.2 Å². The Hall–Kier alpha value is -1.83. The lowest BCUT2D eigenvalue weighted by Crippen LogP contribution is -2.46. The summed E-state index contributed by atoms with van der Waals surface area (Å²) in [5.74, 6) is 5.16. The smallest absolute Gasteiger partial charge is 0.234 e. The van der Waals surface area contributed by atoms with Crippen molar-refractivity contribution in [1.82, 2.24) is 0 Å². The molecule has 1 aliphatic heterocycles. The van der Waals surface area contributed by atoms with Gasteiger partial charge in [-0.05, 0) is 23.6 Å². The number of carbonyl (C=O) groups excluding carboxylic acids is 2. The Morgan fingerprint density at radius 3 is 2.48 bits per heavy atom. The Morgan fingerprint density at radius 2 is 1.90 bits per heavy atom. The van der Waals surface area contributed by atoms with Crippen molar-refractivity contribution >= 4 is 29.1 Å². The van der Waals surface area contributed by atoms with E-state index in [0.29, 0.717) is 29.1 Å². The molecule has 0 bridgehead atoms. The highest BCUT2D eigenvalue weighted by Gasteiger charge is 2.38. The molecular formula is C16H17ClN2O2. The number of rotatable bonds is 1. The maximum Gasteiger partial charge on any atom is 0.234 e. The third-order valence-corrected chi connectivity index (χ3v) is 3.52. The summed E-state index contributed by atoms with van der Waals surface area (Å²) >= 11 is 6.00. The minimum Gasteiger partial charge on any atom is -0.320 e. The van der Waals surface area contributed by atoms with Crippen LogP contribution in [0.5, 0.6) is 0 Å². The molecule has 1 saturated heterocycles. The Kier molecular flexibility index (Phi) is 4.36. The number of nitrogens with two attached hydrogens (primary N) is 1. The monoisotopic (exact) mass is 304 g/mol. The zero-order chi connectivity index (χ0) is 15.6. The fourth-order valence-corrected chi connectivity index (χ4v) is 2.56. The number of halogens is 1. The van der Waals surface area contributed by atoms with E-state index in [1.54, 1.807) is 18.2 Å². The van der Waals surface area contributed by atoms with Gasteiger partial charge in [0, 0.05) is 23.4 Å². The molecule has 0 saturated carbocycles. The van der Waals surface area contributed by atoms with Gasteiger partial charge in [-0.15, -0.1) is 0 Å². The maximum atomic E-state index is 12.3. The zero-order valence-electron chi connectivity index (χ0n) is 12.1. The third kappa shape index (κ3) is 3.44. The van der Waals surface area contributed by atoms with E-state index in [4.69, 9.17) is 17.3 Å². The summed E-state index contributed by atoms with van der Waals surface area (Å²) in [6.07, 6.45) is 0.629. The van der Waals surface area contributed by atoms with Crippen molar-refractivity contribution in [3.63, 3.8) is 0 Å². The lowest BCUT2D eigenvalue weighted by Gasteiger charge is -2.35. The molecule has 0 atom stereocenters. The number of anilines is 1. The fourth-order valence-electron chi connectivity index (χ4n) is 2.39. The molecule has 0 radical (unpaired) electrons. The molecular weight excluding hydrogens is 288 g/mol. The standard InChI is InChI=1S/C16H17ClN2O2/c1-16(2)9-14(20)19(15(21)10-16)13-8-12(17)6-5-11(13)4-3-7-18/h5-6,8H,7,9-10,18H2,1-2H3. The van der Waals surface area contributed by atoms with Gasteiger partial charge >= 0.3 is 0 Å². The van der Waals surface area contributed by atoms with Crippen molar-refractivity contribution in [1.29, 1.82) is 0 Å². The van der Waals surface area contributed by atoms with Crippen LogP contribution in [0.4, 0.5) is 5.69 Å². The molecule has 2 amide bonds. The second-order valence-electron chi connectivity index (χ2n) is 5.81. The van der Waals surface area contributed by atoms with E-state index in [9.17, 15) is 9.59 Å². The van der Waals surface area contributed by atoms with Crippen LogP contribution in [0.2, 0.25) is 5.02 Å². The molecule has 1 aliphatic rings. The van der Waals surface area contributed by atoms with Crippen LogP contribution < -0.4 is 10.6 Å². The quantitative estimate of drug-likeness (QED) is 0.640. The number of amides is 2. The zero-order valence-corrected chi connectivity index (χ0v) is 12.8. The maximum absolute atomic E-state index is 12.3. The summed E-state index contributed by atoms with van der Waals surface area (Å²) in [5.41, 5.74) is 6.08. The van der Waals surface area contributed by atoms with Gasteiger partial charge in [0.25, 0.3) is 0 Å². The predicted octanol–water partition coefficient (Wildman–Crippen LogP) is 2.33. The number of benzene rings is 1. The molecule has 4 nitrogen and oxygen atoms in total. The van der Waals surface area contributed by atoms with Crippen LogP contribution >= 0.6 is 11.6 Å². The summed E-state index contributed by atoms with van der Waals surface area (Å²) in [6.45, 7) is 4.03. The molecule has 5 heteroatoms. The van der Waals surface area contributed by atoms with Gasteiger partial charge in [0.15, 0.2) is 0 Å². The summed E-state index contributed by atoms with van der Waals surface area (Å²) in [4.78, 5) is 25.9. The summed E-state index contributed by atoms with van der Waals surface area (Å²) in [6, 6.07) is 4.96. The van der Waals surface area contributed by atoms with Gasteiger partial charge in [-0.2, -0.15) is 0 Å². The lowest BCUT2D eigenvalue weighted by molar-refractivity contribution is -0.132. The second-order valence-corrected chi connectivity index (χ2v) is 6.24. The third-order valence-electron chi connectivity index (χ3n) is 3.28. The Bertz CT molecular complexity index is 636. The number of imide groups is 1. The largest absolute Gasteiger partial charge is 0.320 e. The summed E-state index contributed by atoms with van der Waals surface area (Å²) in [7, 11) is 0. The van der Waals surface area contributed by atoms with Crippen LogP contribution in [-0.2, 0) is 9.59 Å². The molecule has 1 heterocycles. The van der Waals surface area contributed by atoms with Crippen molar-refractivity contribution in [2.45, 2.75) is 26.7 Å². The Labute approximate surface area is 129 Å². The van der Waals surface area contributed by atoms with Gasteiger partial charge in [0.2, 0.25) is 11.8 Å². The molecule has 21 heavy (non-hydrogen) atoms. The first-order valence-electron chi connectivity index (χ1n) is 6.68. The van der Waals surface area contributed by atoms with Crippen LogP contribution in [0.15, 0.2) is 18.2 Å². The summed E-state index contributed by atoms with van der Waals surface area (Å²) in [5, 5.41) is 0.453. The van der Waals surface area contributed by atoms with Crippen molar-refractivity contribution in [3.8, 4) is 11.8 Å². The highest BCUT2D eigenvalue weighted by molar-refractivity contribution is 6.31. The van der Waals surface area contributed by atoms with E-state index in [1.807, 2.05) is 13.8 Å². The van der Waals surface area contributed by atoms with Crippen molar-refractivity contribution in [2.75, 3.05) is 11.4 Å². The number of carbonyl (C=O) groups is 2. The average Bonchev–Trinajstić information content (AvgIpc) is 2.35. The number of nitrogens with zero attached hydrogens (tertiary/aromatic N) is 1. The first-order valence-corrected chi connectivity index (χ1v) is 7.06. The molecule has 0 aliphatic carbocycles. The van der Waals surface area contributed by atoms with Crippen LogP contribution in [0.1, 0.15) is 32.3 Å². The molecule has 2 N–H and O–H groups in total. The van der Waals surface area contributed by atoms with E-state index >= 15 is 0 Å². The first kappa shape index (κ1) is 15.6. The predicted molar refractivity (Wildman–Crippen MR) is 82.9 cm³/mol. The van der Waals surface area contributed by atoms with Crippen LogP contribution in [0.25, 0.3) is 0 Å². The van der Waals surface area contributed by atoms with Crippen LogP contribution in [0.3, 0.4) is 0 Å². The van der Waals surface area contributed by atoms with Gasteiger partial charge in [-0.25, -0.2) is 4.90 Å². The second kappa shape index (κ2) is 5.88. The molecule has 0 spiro atoms. The lowest BCUT2D eigenvalue weighted by atomic mass is 9.81. The number of piperidine rings is 1. The first-order chi connectivity index (χ1) is 9.84. The minimum atomic E-state index is -0.313. The summed E-state index contributed by atoms with van der Waals surface area (Å²) < 4.78 is 0. The van der Waals surface area contributed by atoms with E-state index < -0.39 is 0 Å². The van der Waals surface area contributed by atoms with Crippen molar-refractivity contribution in [3.05, 3.63) is 28.8 Å². The number of hydrogen-bond acceptors (Lipinski definition) is 3. The Balaban J connectivity index is 2.48. The molecule has 0 aromatic heterocycles. The van der Waals surface area contributed by atoms with Crippen LogP contribution in [-0.4, -0.2) is 18.4 Å². The van der Waals surface area contributed by atoms with E-state index in [2.05, 4.69) is 11.8 Å². The molecule has 0 unspecified atom stereocenters. The normalized spacial score (nSPS) is 17.4. The van der Waals surface area contributed by atoms with Crippen LogP contribution in [0, 0.1) is 17.3 Å². The van der Waals surface area contributed by atoms with Crippen molar-refractivity contribution < 1.29 is 9.59 Å². The average molecular weight is 305 g/mol.